The maximum Gasteiger partial charge on any atom is 0.119 e. The van der Waals surface area contributed by atoms with Gasteiger partial charge in [0, 0.05) is 5.41 Å². The lowest BCUT2D eigenvalue weighted by atomic mass is 9.74. The summed E-state index contributed by atoms with van der Waals surface area (Å²) >= 11 is 0. The Morgan fingerprint density at radius 1 is 0.808 bits per heavy atom. The Balaban J connectivity index is 1.45. The van der Waals surface area contributed by atoms with Gasteiger partial charge in [-0.2, -0.15) is 0 Å². The molecular weight excluding hydrogens is 328 g/mol. The van der Waals surface area contributed by atoms with Crippen molar-refractivity contribution in [3.63, 3.8) is 0 Å². The molecule has 4 heteroatoms. The van der Waals surface area contributed by atoms with E-state index in [0.717, 1.165) is 31.1 Å². The molecule has 2 aliphatic rings. The van der Waals surface area contributed by atoms with E-state index in [1.807, 2.05) is 0 Å². The molecular formula is C22H26O4. The molecule has 0 amide bonds. The van der Waals surface area contributed by atoms with Crippen LogP contribution in [0.3, 0.4) is 0 Å². The number of benzene rings is 2. The fraction of sp³-hybridized carbons (Fsp3) is 0.455. The van der Waals surface area contributed by atoms with Crippen molar-refractivity contribution in [2.45, 2.75) is 37.9 Å². The zero-order valence-corrected chi connectivity index (χ0v) is 15.4. The third-order valence-electron chi connectivity index (χ3n) is 5.37. The Morgan fingerprint density at radius 3 is 1.50 bits per heavy atom. The highest BCUT2D eigenvalue weighted by Gasteiger charge is 2.28. The van der Waals surface area contributed by atoms with E-state index in [0.29, 0.717) is 13.2 Å². The molecule has 0 N–H and O–H groups in total. The monoisotopic (exact) mass is 354 g/mol. The molecule has 2 fully saturated rings. The second-order valence-electron chi connectivity index (χ2n) is 7.27. The maximum atomic E-state index is 5.75. The molecule has 4 rings (SSSR count). The van der Waals surface area contributed by atoms with Crippen molar-refractivity contribution in [1.29, 1.82) is 0 Å². The molecule has 2 aliphatic heterocycles. The molecule has 2 aromatic rings. The Morgan fingerprint density at radius 2 is 1.19 bits per heavy atom. The van der Waals surface area contributed by atoms with Gasteiger partial charge in [0.25, 0.3) is 0 Å². The fourth-order valence-electron chi connectivity index (χ4n) is 3.12. The van der Waals surface area contributed by atoms with Crippen molar-refractivity contribution >= 4 is 0 Å². The quantitative estimate of drug-likeness (QED) is 0.640. The van der Waals surface area contributed by atoms with Gasteiger partial charge in [-0.3, -0.25) is 0 Å². The van der Waals surface area contributed by atoms with Crippen LogP contribution >= 0.6 is 0 Å². The van der Waals surface area contributed by atoms with Gasteiger partial charge in [0.2, 0.25) is 0 Å². The Bertz CT molecular complexity index is 655. The van der Waals surface area contributed by atoms with Crippen molar-refractivity contribution in [3.05, 3.63) is 59.7 Å². The first-order chi connectivity index (χ1) is 12.7. The van der Waals surface area contributed by atoms with E-state index in [1.165, 1.54) is 11.1 Å². The predicted octanol–water partition coefficient (Wildman–Crippen LogP) is 3.96. The minimum atomic E-state index is -0.0454. The third-order valence-corrected chi connectivity index (χ3v) is 5.37. The predicted molar refractivity (Wildman–Crippen MR) is 100 cm³/mol. The van der Waals surface area contributed by atoms with E-state index in [2.05, 4.69) is 62.4 Å². The van der Waals surface area contributed by atoms with Crippen molar-refractivity contribution in [3.8, 4) is 11.5 Å². The first-order valence-corrected chi connectivity index (χ1v) is 9.37. The smallest absolute Gasteiger partial charge is 0.119 e. The van der Waals surface area contributed by atoms with Gasteiger partial charge in [-0.15, -0.1) is 0 Å². The lowest BCUT2D eigenvalue weighted by molar-refractivity contribution is 0.263. The second-order valence-corrected chi connectivity index (χ2v) is 7.27. The molecule has 138 valence electrons. The topological polar surface area (TPSA) is 43.5 Å². The van der Waals surface area contributed by atoms with Gasteiger partial charge in [-0.25, -0.2) is 0 Å². The highest BCUT2D eigenvalue weighted by Crippen LogP contribution is 2.36. The minimum absolute atomic E-state index is 0.0454. The fourth-order valence-corrected chi connectivity index (χ4v) is 3.12. The summed E-state index contributed by atoms with van der Waals surface area (Å²) in [7, 11) is 0. The van der Waals surface area contributed by atoms with Gasteiger partial charge < -0.3 is 18.9 Å². The van der Waals surface area contributed by atoms with Crippen LogP contribution in [-0.2, 0) is 14.9 Å². The summed E-state index contributed by atoms with van der Waals surface area (Å²) in [4.78, 5) is 0. The first-order valence-electron chi connectivity index (χ1n) is 9.37. The van der Waals surface area contributed by atoms with E-state index in [1.54, 1.807) is 0 Å². The average Bonchev–Trinajstić information content (AvgIpc) is 3.59. The van der Waals surface area contributed by atoms with Crippen LogP contribution in [0.2, 0.25) is 0 Å². The van der Waals surface area contributed by atoms with Crippen LogP contribution in [0.5, 0.6) is 11.5 Å². The van der Waals surface area contributed by atoms with E-state index in [4.69, 9.17) is 18.9 Å². The number of hydrogen-bond donors (Lipinski definition) is 0. The van der Waals surface area contributed by atoms with Gasteiger partial charge >= 0.3 is 0 Å². The molecule has 0 aliphatic carbocycles. The molecule has 0 spiro atoms. The Labute approximate surface area is 155 Å². The highest BCUT2D eigenvalue weighted by molar-refractivity contribution is 5.42. The second kappa shape index (κ2) is 7.29. The number of hydrogen-bond acceptors (Lipinski definition) is 4. The Kier molecular flexibility index (Phi) is 4.88. The van der Waals surface area contributed by atoms with Gasteiger partial charge in [-0.1, -0.05) is 38.1 Å². The molecule has 2 heterocycles. The summed E-state index contributed by atoms with van der Waals surface area (Å²) in [6.45, 7) is 7.42. The van der Waals surface area contributed by atoms with Gasteiger partial charge in [0.1, 0.15) is 36.9 Å². The average molecular weight is 354 g/mol. The molecule has 26 heavy (non-hydrogen) atoms. The van der Waals surface area contributed by atoms with Crippen LogP contribution in [-0.4, -0.2) is 38.6 Å². The number of ether oxygens (including phenoxy) is 4. The number of rotatable bonds is 9. The minimum Gasteiger partial charge on any atom is -0.491 e. The molecule has 2 unspecified atom stereocenters. The molecule has 0 saturated carbocycles. The summed E-state index contributed by atoms with van der Waals surface area (Å²) in [6, 6.07) is 16.9. The lowest BCUT2D eigenvalue weighted by Gasteiger charge is -2.30. The van der Waals surface area contributed by atoms with Crippen molar-refractivity contribution in [2.75, 3.05) is 26.4 Å². The molecule has 2 aromatic carbocycles. The lowest BCUT2D eigenvalue weighted by Crippen LogP contribution is -2.22. The molecule has 0 aromatic heterocycles. The molecule has 4 nitrogen and oxygen atoms in total. The van der Waals surface area contributed by atoms with E-state index < -0.39 is 0 Å². The van der Waals surface area contributed by atoms with Crippen LogP contribution < -0.4 is 9.47 Å². The third kappa shape index (κ3) is 4.02. The van der Waals surface area contributed by atoms with E-state index in [-0.39, 0.29) is 17.6 Å². The normalized spacial score (nSPS) is 23.2. The summed E-state index contributed by atoms with van der Waals surface area (Å²) in [5.74, 6) is 1.79. The molecule has 0 bridgehead atoms. The Hall–Kier alpha value is -2.04. The summed E-state index contributed by atoms with van der Waals surface area (Å²) < 4.78 is 21.9. The molecule has 2 saturated heterocycles. The highest BCUT2D eigenvalue weighted by atomic mass is 16.6. The standard InChI is InChI=1S/C22H26O4/c1-3-22(2,16-4-8-18(9-5-16)23-12-20-14-25-20)17-6-10-19(11-7-17)24-13-21-15-26-21/h4-11,20-21H,3,12-15H2,1-2H3. The van der Waals surface area contributed by atoms with E-state index >= 15 is 0 Å². The van der Waals surface area contributed by atoms with Crippen LogP contribution in [0.25, 0.3) is 0 Å². The summed E-state index contributed by atoms with van der Waals surface area (Å²) in [5, 5.41) is 0. The maximum absolute atomic E-state index is 5.75. The van der Waals surface area contributed by atoms with Crippen molar-refractivity contribution in [1.82, 2.24) is 0 Å². The van der Waals surface area contributed by atoms with Crippen LogP contribution in [0.1, 0.15) is 31.4 Å². The summed E-state index contributed by atoms with van der Waals surface area (Å²) in [5.41, 5.74) is 2.53. The van der Waals surface area contributed by atoms with Crippen molar-refractivity contribution < 1.29 is 18.9 Å². The molecule has 2 atom stereocenters. The van der Waals surface area contributed by atoms with E-state index in [9.17, 15) is 0 Å². The molecule has 0 radical (unpaired) electrons. The first kappa shape index (κ1) is 17.4. The zero-order chi connectivity index (χ0) is 18.0. The van der Waals surface area contributed by atoms with Crippen LogP contribution in [0.4, 0.5) is 0 Å². The van der Waals surface area contributed by atoms with Crippen LogP contribution in [0, 0.1) is 0 Å². The number of epoxide rings is 2. The van der Waals surface area contributed by atoms with Gasteiger partial charge in [-0.05, 0) is 41.8 Å². The van der Waals surface area contributed by atoms with Gasteiger partial charge in [0.05, 0.1) is 13.2 Å². The zero-order valence-electron chi connectivity index (χ0n) is 15.4. The summed E-state index contributed by atoms with van der Waals surface area (Å²) in [6.07, 6.45) is 1.57. The SMILES string of the molecule is CCC(C)(c1ccc(OCC2CO2)cc1)c1ccc(OCC2CO2)cc1. The van der Waals surface area contributed by atoms with Crippen LogP contribution in [0.15, 0.2) is 48.5 Å². The van der Waals surface area contributed by atoms with Crippen molar-refractivity contribution in [2.24, 2.45) is 0 Å². The van der Waals surface area contributed by atoms with Gasteiger partial charge in [0.15, 0.2) is 0 Å². The largest absolute Gasteiger partial charge is 0.491 e.